The van der Waals surface area contributed by atoms with E-state index in [0.29, 0.717) is 0 Å². The molecule has 9 nitrogen and oxygen atoms in total. The van der Waals surface area contributed by atoms with E-state index in [1.54, 1.807) is 33.3 Å². The fourth-order valence-corrected chi connectivity index (χ4v) is 6.73. The molecule has 1 aliphatic heterocycles. The lowest BCUT2D eigenvalue weighted by molar-refractivity contribution is -0.133. The van der Waals surface area contributed by atoms with Crippen molar-refractivity contribution in [3.05, 3.63) is 82.8 Å². The van der Waals surface area contributed by atoms with Gasteiger partial charge in [0, 0.05) is 69.0 Å². The molecule has 0 radical (unpaired) electrons. The molecule has 3 aromatic rings. The average molecular weight is 756 g/mol. The lowest BCUT2D eigenvalue weighted by atomic mass is 9.87. The monoisotopic (exact) mass is 755 g/mol. The molecule has 1 N–H and O–H groups in total. The van der Waals surface area contributed by atoms with Gasteiger partial charge >= 0.3 is 0 Å². The van der Waals surface area contributed by atoms with Crippen LogP contribution in [0, 0.1) is 17.1 Å². The van der Waals surface area contributed by atoms with E-state index >= 15 is 0 Å². The molecule has 2 aliphatic rings. The van der Waals surface area contributed by atoms with E-state index in [0.717, 1.165) is 21.9 Å². The summed E-state index contributed by atoms with van der Waals surface area (Å²) < 4.78 is 54.7. The maximum atomic E-state index is 15.0. The molecule has 1 aromatic heterocycles. The number of alkyl halides is 2. The predicted octanol–water partition coefficient (Wildman–Crippen LogP) is 5.39. The number of nitrogens with zero attached hydrogens (tertiary/aromatic N) is 4. The normalized spacial score (nSPS) is 19.0. The summed E-state index contributed by atoms with van der Waals surface area (Å²) in [5.41, 5.74) is 0.114. The molecular weight excluding hydrogens is 734 g/mol. The number of halogens is 5. The molecule has 2 fully saturated rings. The highest BCUT2D eigenvalue weighted by molar-refractivity contribution is 14.2. The third kappa shape index (κ3) is 6.59. The molecule has 5 rings (SSSR count). The molecule has 1 saturated heterocycles. The van der Waals surface area contributed by atoms with Gasteiger partial charge in [0.1, 0.15) is 31.7 Å². The van der Waals surface area contributed by atoms with Crippen LogP contribution in [0.4, 0.5) is 24.7 Å². The number of amides is 3. The second kappa shape index (κ2) is 12.8. The van der Waals surface area contributed by atoms with Crippen LogP contribution in [-0.4, -0.2) is 44.9 Å². The Morgan fingerprint density at radius 2 is 1.93 bits per heavy atom. The third-order valence-electron chi connectivity index (χ3n) is 7.32. The van der Waals surface area contributed by atoms with Gasteiger partial charge in [-0.3, -0.25) is 24.2 Å². The Kier molecular flexibility index (Phi) is 9.28. The fourth-order valence-electron chi connectivity index (χ4n) is 5.31. The van der Waals surface area contributed by atoms with Gasteiger partial charge in [0.05, 0.1) is 16.5 Å². The Balaban J connectivity index is 1.66. The van der Waals surface area contributed by atoms with Crippen LogP contribution in [-0.2, 0) is 22.4 Å². The molecule has 1 saturated carbocycles. The molecule has 0 spiro atoms. The molecule has 1 aliphatic carbocycles. The molecule has 44 heavy (non-hydrogen) atoms. The standard InChI is InChI=1S/C29H22ClF3IN5O4S/c30-22-4-2-1-3-21(22)26(27(41)37-18-13-29(32,33)14-18)38(19-10-17(31)11-20(12-19)44(34)43)28(42)23-5-6-25(40)39(23)24-9-16(15-35)7-8-36-24/h1-4,7-12,18,23,26H,5-6,13-14H2,(H,37,41)/t23-,26-,44+/m0/s1. The maximum Gasteiger partial charge on any atom is 0.252 e. The number of hydrogen-bond acceptors (Lipinski definition) is 6. The zero-order valence-corrected chi connectivity index (χ0v) is 26.3. The van der Waals surface area contributed by atoms with E-state index < -0.39 is 68.4 Å². The van der Waals surface area contributed by atoms with Gasteiger partial charge in [0.15, 0.2) is 0 Å². The van der Waals surface area contributed by atoms with Crippen LogP contribution >= 0.6 is 32.8 Å². The van der Waals surface area contributed by atoms with Crippen molar-refractivity contribution < 1.29 is 31.8 Å². The van der Waals surface area contributed by atoms with Crippen LogP contribution in [0.1, 0.15) is 42.9 Å². The number of hydrogen-bond donors (Lipinski definition) is 1. The van der Waals surface area contributed by atoms with Gasteiger partial charge in [-0.1, -0.05) is 29.8 Å². The lowest BCUT2D eigenvalue weighted by Gasteiger charge is -2.39. The molecule has 3 amide bonds. The topological polar surface area (TPSA) is 123 Å². The number of aromatic nitrogens is 1. The molecule has 228 valence electrons. The van der Waals surface area contributed by atoms with E-state index in [-0.39, 0.29) is 45.4 Å². The fraction of sp³-hybridized carbons (Fsp3) is 0.276. The van der Waals surface area contributed by atoms with E-state index in [4.69, 9.17) is 11.6 Å². The van der Waals surface area contributed by atoms with E-state index in [1.165, 1.54) is 36.5 Å². The first-order valence-corrected chi connectivity index (χ1v) is 17.3. The van der Waals surface area contributed by atoms with Gasteiger partial charge < -0.3 is 5.32 Å². The van der Waals surface area contributed by atoms with E-state index in [1.807, 2.05) is 6.07 Å². The van der Waals surface area contributed by atoms with Gasteiger partial charge in [0.2, 0.25) is 11.8 Å². The molecular formula is C29H22ClF3IN5O4S. The summed E-state index contributed by atoms with van der Waals surface area (Å²) in [6.45, 7) is 0. The van der Waals surface area contributed by atoms with Crippen molar-refractivity contribution >= 4 is 70.0 Å². The summed E-state index contributed by atoms with van der Waals surface area (Å²) in [5.74, 6) is -5.97. The van der Waals surface area contributed by atoms with Crippen LogP contribution in [0.3, 0.4) is 0 Å². The van der Waals surface area contributed by atoms with Crippen molar-refractivity contribution in [2.24, 2.45) is 0 Å². The number of benzene rings is 2. The molecule has 2 heterocycles. The second-order valence-corrected chi connectivity index (χ2v) is 14.0. The number of anilines is 2. The van der Waals surface area contributed by atoms with E-state index in [9.17, 15) is 37.0 Å². The molecule has 15 heteroatoms. The van der Waals surface area contributed by atoms with Crippen molar-refractivity contribution in [3.63, 3.8) is 0 Å². The Bertz CT molecular complexity index is 1720. The van der Waals surface area contributed by atoms with Crippen LogP contribution < -0.4 is 15.1 Å². The highest BCUT2D eigenvalue weighted by Crippen LogP contribution is 2.40. The minimum Gasteiger partial charge on any atom is -0.351 e. The first-order valence-electron chi connectivity index (χ1n) is 13.2. The molecule has 0 unspecified atom stereocenters. The van der Waals surface area contributed by atoms with Crippen LogP contribution in [0.5, 0.6) is 0 Å². The Morgan fingerprint density at radius 1 is 1.20 bits per heavy atom. The zero-order chi connectivity index (χ0) is 31.8. The van der Waals surface area contributed by atoms with Crippen LogP contribution in [0.15, 0.2) is 65.7 Å². The summed E-state index contributed by atoms with van der Waals surface area (Å²) in [6.07, 6.45) is 0.00674. The maximum absolute atomic E-state index is 15.0. The Labute approximate surface area is 269 Å². The second-order valence-electron chi connectivity index (χ2n) is 10.3. The lowest BCUT2D eigenvalue weighted by Crippen LogP contribution is -2.56. The van der Waals surface area contributed by atoms with Gasteiger partial charge in [-0.25, -0.2) is 22.4 Å². The number of carbonyl (C=O) groups excluding carboxylic acids is 3. The van der Waals surface area contributed by atoms with Gasteiger partial charge in [-0.15, -0.1) is 0 Å². The summed E-state index contributed by atoms with van der Waals surface area (Å²) in [7, 11) is -1.73. The van der Waals surface area contributed by atoms with Crippen molar-refractivity contribution in [1.29, 1.82) is 5.26 Å². The first kappa shape index (κ1) is 31.9. The summed E-state index contributed by atoms with van der Waals surface area (Å²) >= 11 is 8.08. The summed E-state index contributed by atoms with van der Waals surface area (Å²) in [5, 5.41) is 12.0. The average Bonchev–Trinajstić information content (AvgIpc) is 3.36. The highest BCUT2D eigenvalue weighted by atomic mass is 127. The van der Waals surface area contributed by atoms with Gasteiger partial charge in [-0.2, -0.15) is 5.26 Å². The first-order chi connectivity index (χ1) is 20.9. The highest BCUT2D eigenvalue weighted by Gasteiger charge is 2.48. The van der Waals surface area contributed by atoms with E-state index in [2.05, 4.69) is 10.3 Å². The quantitative estimate of drug-likeness (QED) is 0.243. The van der Waals surface area contributed by atoms with Crippen molar-refractivity contribution in [2.45, 2.75) is 54.6 Å². The van der Waals surface area contributed by atoms with Crippen molar-refractivity contribution in [3.8, 4) is 6.07 Å². The van der Waals surface area contributed by atoms with Gasteiger partial charge in [-0.05, 0) is 42.8 Å². The van der Waals surface area contributed by atoms with Crippen LogP contribution in [0.25, 0.3) is 0 Å². The largest absolute Gasteiger partial charge is 0.351 e. The minimum absolute atomic E-state index is 0.00176. The van der Waals surface area contributed by atoms with Crippen molar-refractivity contribution in [2.75, 3.05) is 9.80 Å². The van der Waals surface area contributed by atoms with Crippen LogP contribution in [0.2, 0.25) is 5.02 Å². The van der Waals surface area contributed by atoms with Crippen molar-refractivity contribution in [1.82, 2.24) is 10.3 Å². The summed E-state index contributed by atoms with van der Waals surface area (Å²) in [4.78, 5) is 47.9. The number of nitrogens with one attached hydrogen (secondary N) is 1. The SMILES string of the molecule is N#Cc1ccnc(N2C(=O)CC[C@H]2C(=O)N(c2cc(F)cc([S@@](=O)I)c2)[C@H](C(=O)NC2CC(F)(F)C2)c2ccccc2Cl)c1. The third-order valence-corrected chi connectivity index (χ3v) is 9.79. The van der Waals surface area contributed by atoms with Gasteiger partial charge in [0.25, 0.3) is 11.8 Å². The molecule has 2 aromatic carbocycles. The number of rotatable bonds is 8. The predicted molar refractivity (Wildman–Crippen MR) is 164 cm³/mol. The molecule has 0 bridgehead atoms. The zero-order valence-electron chi connectivity index (χ0n) is 22.6. The molecule has 3 atom stereocenters. The smallest absolute Gasteiger partial charge is 0.252 e. The Morgan fingerprint density at radius 3 is 2.59 bits per heavy atom. The number of carbonyl (C=O) groups is 3. The number of nitriles is 1. The number of pyridine rings is 1. The Hall–Kier alpha value is -3.55. The summed E-state index contributed by atoms with van der Waals surface area (Å²) in [6, 6.07) is 10.3. The minimum atomic E-state index is -2.95.